The van der Waals surface area contributed by atoms with Crippen LogP contribution in [-0.2, 0) is 18.3 Å². The Balaban J connectivity index is 2.00. The number of aliphatic carboxylic acids is 1. The molecule has 19 heavy (non-hydrogen) atoms. The lowest BCUT2D eigenvalue weighted by atomic mass is 10.2. The molecule has 0 aliphatic rings. The van der Waals surface area contributed by atoms with Gasteiger partial charge in [-0.15, -0.1) is 0 Å². The Morgan fingerprint density at radius 1 is 1.32 bits per heavy atom. The van der Waals surface area contributed by atoms with Crippen LogP contribution in [0.25, 0.3) is 0 Å². The smallest absolute Gasteiger partial charge is 0.314 e. The molecule has 1 rings (SSSR count). The largest absolute Gasteiger partial charge is 0.481 e. The van der Waals surface area contributed by atoms with E-state index in [0.717, 1.165) is 0 Å². The number of rotatable bonds is 8. The summed E-state index contributed by atoms with van der Waals surface area (Å²) in [5.41, 5.74) is 0. The maximum absolute atomic E-state index is 11.4. The van der Waals surface area contributed by atoms with Gasteiger partial charge >= 0.3 is 12.0 Å². The summed E-state index contributed by atoms with van der Waals surface area (Å²) in [6.45, 7) is 0.936. The minimum absolute atomic E-state index is 0.134. The predicted molar refractivity (Wildman–Crippen MR) is 67.6 cm³/mol. The Kier molecular flexibility index (Phi) is 6.34. The van der Waals surface area contributed by atoms with E-state index in [9.17, 15) is 9.59 Å². The van der Waals surface area contributed by atoms with Gasteiger partial charge in [0, 0.05) is 33.0 Å². The molecule has 8 nitrogen and oxygen atoms in total. The van der Waals surface area contributed by atoms with Crippen LogP contribution < -0.4 is 10.6 Å². The van der Waals surface area contributed by atoms with Crippen molar-refractivity contribution in [3.05, 3.63) is 12.2 Å². The second kappa shape index (κ2) is 8.06. The van der Waals surface area contributed by atoms with Crippen LogP contribution >= 0.6 is 0 Å². The molecular formula is C11H19N5O3. The Labute approximate surface area is 111 Å². The average Bonchev–Trinajstić information content (AvgIpc) is 2.74. The number of aromatic nitrogens is 3. The number of carboxylic acids is 1. The summed E-state index contributed by atoms with van der Waals surface area (Å²) < 4.78 is 1.61. The van der Waals surface area contributed by atoms with Gasteiger partial charge in [-0.1, -0.05) is 0 Å². The Morgan fingerprint density at radius 3 is 2.68 bits per heavy atom. The lowest BCUT2D eigenvalue weighted by Crippen LogP contribution is -2.37. The topological polar surface area (TPSA) is 109 Å². The third-order valence-electron chi connectivity index (χ3n) is 2.38. The second-order valence-corrected chi connectivity index (χ2v) is 4.12. The van der Waals surface area contributed by atoms with Crippen molar-refractivity contribution in [1.29, 1.82) is 0 Å². The van der Waals surface area contributed by atoms with Crippen LogP contribution in [0, 0.1) is 0 Å². The van der Waals surface area contributed by atoms with Gasteiger partial charge in [0.05, 0.1) is 0 Å². The zero-order chi connectivity index (χ0) is 14.1. The first-order chi connectivity index (χ1) is 9.08. The number of nitrogens with zero attached hydrogens (tertiary/aromatic N) is 3. The van der Waals surface area contributed by atoms with Crippen LogP contribution in [0.3, 0.4) is 0 Å². The highest BCUT2D eigenvalue weighted by Gasteiger charge is 2.02. The summed E-state index contributed by atoms with van der Waals surface area (Å²) in [7, 11) is 1.79. The van der Waals surface area contributed by atoms with E-state index < -0.39 is 5.97 Å². The Morgan fingerprint density at radius 2 is 2.05 bits per heavy atom. The van der Waals surface area contributed by atoms with E-state index in [1.165, 1.54) is 0 Å². The number of urea groups is 1. The minimum Gasteiger partial charge on any atom is -0.481 e. The molecule has 0 aliphatic carbocycles. The van der Waals surface area contributed by atoms with Crippen LogP contribution in [-0.4, -0.2) is 45.0 Å². The monoisotopic (exact) mass is 269 g/mol. The summed E-state index contributed by atoms with van der Waals surface area (Å²) in [4.78, 5) is 25.7. The van der Waals surface area contributed by atoms with Crippen LogP contribution in [0.5, 0.6) is 0 Å². The Bertz CT molecular complexity index is 418. The molecule has 1 aromatic rings. The lowest BCUT2D eigenvalue weighted by molar-refractivity contribution is -0.137. The standard InChI is InChI=1S/C11H19N5O3/c1-16-8-14-9(15-16)5-7-13-11(19)12-6-3-2-4-10(17)18/h8H,2-7H2,1H3,(H,17,18)(H2,12,13,19). The van der Waals surface area contributed by atoms with E-state index in [1.54, 1.807) is 18.1 Å². The van der Waals surface area contributed by atoms with Gasteiger partial charge in [0.2, 0.25) is 0 Å². The summed E-state index contributed by atoms with van der Waals surface area (Å²) in [6.07, 6.45) is 3.54. The van der Waals surface area contributed by atoms with Gasteiger partial charge in [-0.3, -0.25) is 9.48 Å². The summed E-state index contributed by atoms with van der Waals surface area (Å²) >= 11 is 0. The molecule has 106 valence electrons. The number of amides is 2. The fourth-order valence-corrected chi connectivity index (χ4v) is 1.45. The van der Waals surface area contributed by atoms with Gasteiger partial charge in [-0.05, 0) is 12.8 Å². The molecule has 0 spiro atoms. The summed E-state index contributed by atoms with van der Waals surface area (Å²) in [6, 6.07) is -0.258. The van der Waals surface area contributed by atoms with E-state index >= 15 is 0 Å². The van der Waals surface area contributed by atoms with Crippen molar-refractivity contribution in [3.8, 4) is 0 Å². The number of hydrogen-bond donors (Lipinski definition) is 3. The Hall–Kier alpha value is -2.12. The van der Waals surface area contributed by atoms with E-state index in [2.05, 4.69) is 20.7 Å². The van der Waals surface area contributed by atoms with E-state index in [0.29, 0.717) is 38.2 Å². The van der Waals surface area contributed by atoms with Crippen molar-refractivity contribution >= 4 is 12.0 Å². The molecule has 0 atom stereocenters. The molecule has 0 unspecified atom stereocenters. The molecule has 0 saturated carbocycles. The van der Waals surface area contributed by atoms with Crippen molar-refractivity contribution in [2.45, 2.75) is 25.7 Å². The van der Waals surface area contributed by atoms with E-state index in [1.807, 2.05) is 0 Å². The van der Waals surface area contributed by atoms with Gasteiger partial charge in [0.25, 0.3) is 0 Å². The number of aryl methyl sites for hydroxylation is 1. The van der Waals surface area contributed by atoms with Crippen molar-refractivity contribution in [2.24, 2.45) is 7.05 Å². The van der Waals surface area contributed by atoms with Crippen molar-refractivity contribution in [1.82, 2.24) is 25.4 Å². The molecular weight excluding hydrogens is 250 g/mol. The molecule has 0 bridgehead atoms. The third-order valence-corrected chi connectivity index (χ3v) is 2.38. The zero-order valence-corrected chi connectivity index (χ0v) is 10.9. The maximum atomic E-state index is 11.4. The van der Waals surface area contributed by atoms with Crippen LogP contribution in [0.15, 0.2) is 6.33 Å². The maximum Gasteiger partial charge on any atom is 0.314 e. The molecule has 3 N–H and O–H groups in total. The molecule has 2 amide bonds. The van der Waals surface area contributed by atoms with Gasteiger partial charge in [0.1, 0.15) is 6.33 Å². The average molecular weight is 269 g/mol. The van der Waals surface area contributed by atoms with E-state index in [-0.39, 0.29) is 12.5 Å². The first kappa shape index (κ1) is 14.9. The highest BCUT2D eigenvalue weighted by Crippen LogP contribution is 1.93. The summed E-state index contributed by atoms with van der Waals surface area (Å²) in [5.74, 6) is -0.128. The van der Waals surface area contributed by atoms with Gasteiger partial charge in [-0.2, -0.15) is 5.10 Å². The zero-order valence-electron chi connectivity index (χ0n) is 10.9. The SMILES string of the molecule is Cn1cnc(CCNC(=O)NCCCCC(=O)O)n1. The minimum atomic E-state index is -0.813. The molecule has 0 aliphatic heterocycles. The number of unbranched alkanes of at least 4 members (excludes halogenated alkanes) is 1. The quantitative estimate of drug-likeness (QED) is 0.571. The van der Waals surface area contributed by atoms with Crippen molar-refractivity contribution < 1.29 is 14.7 Å². The molecule has 1 heterocycles. The van der Waals surface area contributed by atoms with Gasteiger partial charge in [0.15, 0.2) is 5.82 Å². The molecule has 0 radical (unpaired) electrons. The number of carbonyl (C=O) groups is 2. The van der Waals surface area contributed by atoms with Crippen molar-refractivity contribution in [2.75, 3.05) is 13.1 Å². The fraction of sp³-hybridized carbons (Fsp3) is 0.636. The highest BCUT2D eigenvalue weighted by molar-refractivity contribution is 5.73. The number of carbonyl (C=O) groups excluding carboxylic acids is 1. The van der Waals surface area contributed by atoms with Gasteiger partial charge < -0.3 is 15.7 Å². The van der Waals surface area contributed by atoms with Crippen molar-refractivity contribution in [3.63, 3.8) is 0 Å². The van der Waals surface area contributed by atoms with E-state index in [4.69, 9.17) is 5.11 Å². The first-order valence-corrected chi connectivity index (χ1v) is 6.16. The van der Waals surface area contributed by atoms with Crippen LogP contribution in [0.1, 0.15) is 25.1 Å². The molecule has 1 aromatic heterocycles. The third kappa shape index (κ3) is 7.02. The fourth-order valence-electron chi connectivity index (χ4n) is 1.45. The van der Waals surface area contributed by atoms with Crippen LogP contribution in [0.2, 0.25) is 0 Å². The highest BCUT2D eigenvalue weighted by atomic mass is 16.4. The number of hydrogen-bond acceptors (Lipinski definition) is 4. The summed E-state index contributed by atoms with van der Waals surface area (Å²) in [5, 5.41) is 17.9. The first-order valence-electron chi connectivity index (χ1n) is 6.16. The number of nitrogens with one attached hydrogen (secondary N) is 2. The molecule has 8 heteroatoms. The van der Waals surface area contributed by atoms with Gasteiger partial charge in [-0.25, -0.2) is 9.78 Å². The second-order valence-electron chi connectivity index (χ2n) is 4.12. The molecule has 0 saturated heterocycles. The normalized spacial score (nSPS) is 10.2. The lowest BCUT2D eigenvalue weighted by Gasteiger charge is -2.06. The predicted octanol–water partition coefficient (Wildman–Crippen LogP) is -0.0883. The molecule has 0 aromatic carbocycles. The number of carboxylic acid groups (broad SMARTS) is 1. The van der Waals surface area contributed by atoms with Crippen LogP contribution in [0.4, 0.5) is 4.79 Å². The molecule has 0 fully saturated rings.